The second-order valence-electron chi connectivity index (χ2n) is 4.24. The van der Waals surface area contributed by atoms with Gasteiger partial charge >= 0.3 is 5.63 Å². The summed E-state index contributed by atoms with van der Waals surface area (Å²) in [6.45, 7) is 1.91. The number of halogens is 1. The van der Waals surface area contributed by atoms with Gasteiger partial charge in [-0.2, -0.15) is 0 Å². The number of hydrogen-bond donors (Lipinski definition) is 1. The number of phenols is 1. The van der Waals surface area contributed by atoms with Crippen molar-refractivity contribution in [1.82, 2.24) is 0 Å². The number of benzene rings is 2. The van der Waals surface area contributed by atoms with Gasteiger partial charge in [0.25, 0.3) is 0 Å². The van der Waals surface area contributed by atoms with E-state index in [0.717, 1.165) is 10.9 Å². The molecule has 1 aromatic heterocycles. The highest BCUT2D eigenvalue weighted by atomic mass is 35.5. The van der Waals surface area contributed by atoms with E-state index in [1.54, 1.807) is 12.1 Å². The lowest BCUT2D eigenvalue weighted by molar-refractivity contribution is 0.473. The Hall–Kier alpha value is -2.00. The van der Waals surface area contributed by atoms with Crippen LogP contribution in [-0.2, 0) is 0 Å². The van der Waals surface area contributed by atoms with Crippen molar-refractivity contribution < 1.29 is 9.52 Å². The number of fused-ring (bicyclic) bond motifs is 3. The Morgan fingerprint density at radius 1 is 1.11 bits per heavy atom. The fourth-order valence-corrected chi connectivity index (χ4v) is 2.22. The van der Waals surface area contributed by atoms with Crippen LogP contribution < -0.4 is 5.63 Å². The van der Waals surface area contributed by atoms with Gasteiger partial charge in [-0.15, -0.1) is 0 Å². The fraction of sp³-hybridized carbons (Fsp3) is 0.0714. The first kappa shape index (κ1) is 11.1. The molecule has 0 saturated carbocycles. The lowest BCUT2D eigenvalue weighted by Crippen LogP contribution is -2.00. The predicted molar refractivity (Wildman–Crippen MR) is 71.4 cm³/mol. The molecule has 3 nitrogen and oxygen atoms in total. The second-order valence-corrected chi connectivity index (χ2v) is 4.65. The molecule has 3 rings (SSSR count). The molecule has 90 valence electrons. The summed E-state index contributed by atoms with van der Waals surface area (Å²) in [4.78, 5) is 11.9. The van der Waals surface area contributed by atoms with Crippen LogP contribution in [0.2, 0.25) is 5.02 Å². The molecule has 0 saturated heterocycles. The van der Waals surface area contributed by atoms with Crippen molar-refractivity contribution >= 4 is 33.3 Å². The molecule has 0 amide bonds. The van der Waals surface area contributed by atoms with Crippen molar-refractivity contribution in [3.05, 3.63) is 51.3 Å². The Balaban J connectivity index is 2.60. The molecule has 0 unspecified atom stereocenters. The summed E-state index contributed by atoms with van der Waals surface area (Å²) in [6, 6.07) is 8.52. The van der Waals surface area contributed by atoms with Crippen LogP contribution in [0.3, 0.4) is 0 Å². The summed E-state index contributed by atoms with van der Waals surface area (Å²) in [5.74, 6) is -0.0984. The van der Waals surface area contributed by atoms with Gasteiger partial charge in [0, 0.05) is 11.5 Å². The number of hydrogen-bond acceptors (Lipinski definition) is 3. The lowest BCUT2D eigenvalue weighted by atomic mass is 10.1. The van der Waals surface area contributed by atoms with E-state index in [1.807, 2.05) is 19.1 Å². The summed E-state index contributed by atoms with van der Waals surface area (Å²) in [5, 5.41) is 11.8. The first-order valence-electron chi connectivity index (χ1n) is 5.42. The van der Waals surface area contributed by atoms with Crippen molar-refractivity contribution in [2.24, 2.45) is 0 Å². The third-order valence-electron chi connectivity index (χ3n) is 2.94. The highest BCUT2D eigenvalue weighted by molar-refractivity contribution is 6.33. The molecule has 3 aromatic rings. The summed E-state index contributed by atoms with van der Waals surface area (Å²) >= 11 is 5.89. The van der Waals surface area contributed by atoms with Gasteiger partial charge in [-0.3, -0.25) is 0 Å². The molecule has 0 radical (unpaired) electrons. The Morgan fingerprint density at radius 3 is 2.67 bits per heavy atom. The molecule has 18 heavy (non-hydrogen) atoms. The van der Waals surface area contributed by atoms with Crippen LogP contribution in [0.4, 0.5) is 0 Å². The zero-order valence-electron chi connectivity index (χ0n) is 9.53. The number of aryl methyl sites for hydroxylation is 1. The van der Waals surface area contributed by atoms with Crippen LogP contribution in [0.5, 0.6) is 5.75 Å². The predicted octanol–water partition coefficient (Wildman–Crippen LogP) is 3.61. The largest absolute Gasteiger partial charge is 0.506 e. The lowest BCUT2D eigenvalue weighted by Gasteiger charge is -2.05. The van der Waals surface area contributed by atoms with E-state index in [4.69, 9.17) is 16.0 Å². The SMILES string of the molecule is Cc1ccc2c(c1)c(=O)oc1cc(O)c(Cl)cc12. The average molecular weight is 261 g/mol. The maximum atomic E-state index is 11.9. The maximum Gasteiger partial charge on any atom is 0.344 e. The molecule has 4 heteroatoms. The maximum absolute atomic E-state index is 11.9. The Bertz CT molecular complexity index is 834. The smallest absolute Gasteiger partial charge is 0.344 e. The highest BCUT2D eigenvalue weighted by Gasteiger charge is 2.10. The molecule has 0 fully saturated rings. The zero-order chi connectivity index (χ0) is 12.9. The summed E-state index contributed by atoms with van der Waals surface area (Å²) in [5.41, 5.74) is 0.903. The third-order valence-corrected chi connectivity index (χ3v) is 3.24. The first-order valence-corrected chi connectivity index (χ1v) is 5.80. The zero-order valence-corrected chi connectivity index (χ0v) is 10.3. The third kappa shape index (κ3) is 1.56. The summed E-state index contributed by atoms with van der Waals surface area (Å²) in [7, 11) is 0. The van der Waals surface area contributed by atoms with E-state index in [-0.39, 0.29) is 10.8 Å². The molecule has 2 aromatic carbocycles. The molecule has 1 heterocycles. The average Bonchev–Trinajstić information content (AvgIpc) is 2.32. The van der Waals surface area contributed by atoms with Gasteiger partial charge in [-0.05, 0) is 24.4 Å². The molecule has 0 atom stereocenters. The van der Waals surface area contributed by atoms with Crippen molar-refractivity contribution in [3.63, 3.8) is 0 Å². The van der Waals surface area contributed by atoms with Gasteiger partial charge in [-0.25, -0.2) is 4.79 Å². The Morgan fingerprint density at radius 2 is 1.89 bits per heavy atom. The molecule has 0 aliphatic carbocycles. The van der Waals surface area contributed by atoms with Crippen LogP contribution in [0.25, 0.3) is 21.7 Å². The Kier molecular flexibility index (Phi) is 2.31. The number of aromatic hydroxyl groups is 1. The topological polar surface area (TPSA) is 50.4 Å². The van der Waals surface area contributed by atoms with Crippen molar-refractivity contribution in [2.45, 2.75) is 6.92 Å². The van der Waals surface area contributed by atoms with Gasteiger partial charge < -0.3 is 9.52 Å². The van der Waals surface area contributed by atoms with Crippen LogP contribution >= 0.6 is 11.6 Å². The van der Waals surface area contributed by atoms with E-state index >= 15 is 0 Å². The second kappa shape index (κ2) is 3.75. The van der Waals surface area contributed by atoms with E-state index in [9.17, 15) is 9.90 Å². The fourth-order valence-electron chi connectivity index (χ4n) is 2.05. The molecular weight excluding hydrogens is 252 g/mol. The van der Waals surface area contributed by atoms with Crippen molar-refractivity contribution in [2.75, 3.05) is 0 Å². The normalized spacial score (nSPS) is 11.2. The summed E-state index contributed by atoms with van der Waals surface area (Å²) in [6.07, 6.45) is 0. The van der Waals surface area contributed by atoms with E-state index in [2.05, 4.69) is 0 Å². The van der Waals surface area contributed by atoms with E-state index in [0.29, 0.717) is 16.4 Å². The van der Waals surface area contributed by atoms with E-state index in [1.165, 1.54) is 6.07 Å². The van der Waals surface area contributed by atoms with Crippen LogP contribution in [-0.4, -0.2) is 5.11 Å². The van der Waals surface area contributed by atoms with Crippen LogP contribution in [0, 0.1) is 6.92 Å². The number of rotatable bonds is 0. The molecule has 0 bridgehead atoms. The van der Waals surface area contributed by atoms with Crippen molar-refractivity contribution in [1.29, 1.82) is 0 Å². The van der Waals surface area contributed by atoms with Gasteiger partial charge in [0.2, 0.25) is 0 Å². The van der Waals surface area contributed by atoms with Crippen LogP contribution in [0.15, 0.2) is 39.5 Å². The standard InChI is InChI=1S/C14H9ClO3/c1-7-2-3-8-9-5-11(15)12(16)6-13(9)18-14(17)10(8)4-7/h2-6,16H,1H3. The molecule has 0 aliphatic rings. The molecular formula is C14H9ClO3. The van der Waals surface area contributed by atoms with Crippen molar-refractivity contribution in [3.8, 4) is 5.75 Å². The quantitative estimate of drug-likeness (QED) is 0.496. The molecule has 0 aliphatic heterocycles. The first-order chi connectivity index (χ1) is 8.56. The Labute approximate surface area is 107 Å². The minimum atomic E-state index is -0.414. The summed E-state index contributed by atoms with van der Waals surface area (Å²) < 4.78 is 5.19. The van der Waals surface area contributed by atoms with Gasteiger partial charge in [0.15, 0.2) is 0 Å². The minimum Gasteiger partial charge on any atom is -0.506 e. The van der Waals surface area contributed by atoms with Gasteiger partial charge in [0.1, 0.15) is 11.3 Å². The monoisotopic (exact) mass is 260 g/mol. The number of phenolic OH excluding ortho intramolecular Hbond substituents is 1. The van der Waals surface area contributed by atoms with Gasteiger partial charge in [-0.1, -0.05) is 29.3 Å². The van der Waals surface area contributed by atoms with E-state index < -0.39 is 5.63 Å². The highest BCUT2D eigenvalue weighted by Crippen LogP contribution is 2.32. The minimum absolute atomic E-state index is 0.0984. The molecule has 0 spiro atoms. The van der Waals surface area contributed by atoms with Crippen LogP contribution in [0.1, 0.15) is 5.56 Å². The molecule has 1 N–H and O–H groups in total. The van der Waals surface area contributed by atoms with Gasteiger partial charge in [0.05, 0.1) is 10.4 Å².